The first-order valence-corrected chi connectivity index (χ1v) is 10.4. The van der Waals surface area contributed by atoms with Gasteiger partial charge in [-0.2, -0.15) is 0 Å². The number of nitrogens with one attached hydrogen (secondary N) is 1. The molecule has 1 amide bonds. The molecule has 4 heterocycles. The van der Waals surface area contributed by atoms with E-state index in [9.17, 15) is 9.18 Å². The van der Waals surface area contributed by atoms with E-state index in [1.54, 1.807) is 22.8 Å². The summed E-state index contributed by atoms with van der Waals surface area (Å²) in [6, 6.07) is 10.6. The molecule has 2 unspecified atom stereocenters. The van der Waals surface area contributed by atoms with Gasteiger partial charge >= 0.3 is 0 Å². The molecule has 2 aliphatic heterocycles. The molecule has 5 rings (SSSR count). The van der Waals surface area contributed by atoms with E-state index in [1.165, 1.54) is 6.07 Å². The molecule has 0 spiro atoms. The van der Waals surface area contributed by atoms with Gasteiger partial charge in [-0.1, -0.05) is 12.1 Å². The largest absolute Gasteiger partial charge is 0.379 e. The Balaban J connectivity index is 1.43. The summed E-state index contributed by atoms with van der Waals surface area (Å²) in [6.45, 7) is 2.11. The number of nitrogens with zero attached hydrogens (tertiary/aromatic N) is 4. The van der Waals surface area contributed by atoms with Crippen molar-refractivity contribution in [3.05, 3.63) is 59.7 Å². The number of benzene rings is 1. The van der Waals surface area contributed by atoms with Gasteiger partial charge in [-0.05, 0) is 55.5 Å². The van der Waals surface area contributed by atoms with E-state index in [-0.39, 0.29) is 23.8 Å². The number of carbonyl (C=O) groups is 1. The maximum absolute atomic E-state index is 13.8. The third-order valence-corrected chi connectivity index (χ3v) is 5.86. The second-order valence-corrected chi connectivity index (χ2v) is 7.90. The fourth-order valence-electron chi connectivity index (χ4n) is 4.39. The van der Waals surface area contributed by atoms with Crippen molar-refractivity contribution in [2.24, 2.45) is 0 Å². The summed E-state index contributed by atoms with van der Waals surface area (Å²) in [5, 5.41) is 7.75. The molecule has 2 aromatic heterocycles. The Morgan fingerprint density at radius 2 is 2.13 bits per heavy atom. The third-order valence-electron chi connectivity index (χ3n) is 5.86. The van der Waals surface area contributed by atoms with Crippen LogP contribution in [0, 0.1) is 5.82 Å². The van der Waals surface area contributed by atoms with Gasteiger partial charge in [0, 0.05) is 13.2 Å². The van der Waals surface area contributed by atoms with Crippen LogP contribution < -0.4 is 10.2 Å². The lowest BCUT2D eigenvalue weighted by Gasteiger charge is -2.26. The number of fused-ring (bicyclic) bond motifs is 1. The molecule has 0 bridgehead atoms. The van der Waals surface area contributed by atoms with E-state index >= 15 is 0 Å². The zero-order valence-electron chi connectivity index (χ0n) is 16.6. The highest BCUT2D eigenvalue weighted by Gasteiger charge is 2.28. The van der Waals surface area contributed by atoms with Gasteiger partial charge in [0.15, 0.2) is 11.3 Å². The monoisotopic (exact) mass is 409 g/mol. The minimum absolute atomic E-state index is 0.0101. The molecule has 2 atom stereocenters. The van der Waals surface area contributed by atoms with Gasteiger partial charge in [0.05, 0.1) is 24.9 Å². The molecular weight excluding hydrogens is 385 g/mol. The molecule has 1 aromatic carbocycles. The van der Waals surface area contributed by atoms with Crippen molar-refractivity contribution in [2.45, 2.75) is 37.8 Å². The summed E-state index contributed by atoms with van der Waals surface area (Å²) < 4.78 is 20.8. The molecule has 0 saturated carbocycles. The standard InChI is InChI=1S/C22H24FN5O2/c23-16-5-1-4-15(12-16)18-7-2-10-27(18)21-9-8-20-24-13-19(28(20)26-21)22(29)25-17-6-3-11-30-14-17/h1,4-5,8-9,12-13,17-18H,2-3,6-7,10-11,14H2,(H,25,29). The summed E-state index contributed by atoms with van der Waals surface area (Å²) in [6.07, 6.45) is 5.34. The second kappa shape index (κ2) is 8.02. The van der Waals surface area contributed by atoms with Gasteiger partial charge in [0.2, 0.25) is 0 Å². The molecule has 8 heteroatoms. The van der Waals surface area contributed by atoms with Crippen LogP contribution >= 0.6 is 0 Å². The molecule has 0 aliphatic carbocycles. The number of amides is 1. The Morgan fingerprint density at radius 3 is 2.97 bits per heavy atom. The first-order chi connectivity index (χ1) is 14.7. The lowest BCUT2D eigenvalue weighted by molar-refractivity contribution is 0.0621. The highest BCUT2D eigenvalue weighted by atomic mass is 19.1. The van der Waals surface area contributed by atoms with Crippen molar-refractivity contribution in [3.8, 4) is 0 Å². The molecule has 2 fully saturated rings. The number of hydrogen-bond acceptors (Lipinski definition) is 5. The van der Waals surface area contributed by atoms with Crippen LogP contribution in [0.15, 0.2) is 42.6 Å². The summed E-state index contributed by atoms with van der Waals surface area (Å²) in [7, 11) is 0. The first-order valence-electron chi connectivity index (χ1n) is 10.4. The summed E-state index contributed by atoms with van der Waals surface area (Å²) in [4.78, 5) is 19.3. The highest BCUT2D eigenvalue weighted by Crippen LogP contribution is 2.35. The molecule has 2 saturated heterocycles. The van der Waals surface area contributed by atoms with E-state index in [0.29, 0.717) is 17.9 Å². The Kier molecular flexibility index (Phi) is 5.08. The van der Waals surface area contributed by atoms with E-state index in [2.05, 4.69) is 15.2 Å². The minimum Gasteiger partial charge on any atom is -0.379 e. The first kappa shape index (κ1) is 19.0. The Hall–Kier alpha value is -3.00. The SMILES string of the molecule is O=C(NC1CCCOC1)c1cnc2ccc(N3CCCC3c3cccc(F)c3)nn12. The van der Waals surface area contributed by atoms with Crippen LogP contribution in [0.4, 0.5) is 10.2 Å². The molecule has 0 radical (unpaired) electrons. The lowest BCUT2D eigenvalue weighted by atomic mass is 10.0. The van der Waals surface area contributed by atoms with Gasteiger partial charge in [-0.25, -0.2) is 13.9 Å². The number of ether oxygens (including phenoxy) is 1. The molecule has 156 valence electrons. The van der Waals surface area contributed by atoms with E-state index in [0.717, 1.165) is 50.2 Å². The normalized spacial score (nSPS) is 21.8. The van der Waals surface area contributed by atoms with Gasteiger partial charge < -0.3 is 15.0 Å². The van der Waals surface area contributed by atoms with Crippen LogP contribution in [0.5, 0.6) is 0 Å². The van der Waals surface area contributed by atoms with E-state index in [1.807, 2.05) is 18.2 Å². The van der Waals surface area contributed by atoms with Crippen LogP contribution in [-0.4, -0.2) is 46.3 Å². The zero-order chi connectivity index (χ0) is 20.5. The number of halogens is 1. The average Bonchev–Trinajstić information content (AvgIpc) is 3.41. The Bertz CT molecular complexity index is 1060. The van der Waals surface area contributed by atoms with E-state index < -0.39 is 0 Å². The Morgan fingerprint density at radius 1 is 1.20 bits per heavy atom. The van der Waals surface area contributed by atoms with Crippen molar-refractivity contribution in [3.63, 3.8) is 0 Å². The molecular formula is C22H24FN5O2. The van der Waals surface area contributed by atoms with Crippen LogP contribution in [0.25, 0.3) is 5.65 Å². The maximum Gasteiger partial charge on any atom is 0.271 e. The summed E-state index contributed by atoms with van der Waals surface area (Å²) in [5.74, 6) is 0.316. The van der Waals surface area contributed by atoms with Crippen molar-refractivity contribution >= 4 is 17.4 Å². The van der Waals surface area contributed by atoms with Gasteiger partial charge in [0.25, 0.3) is 5.91 Å². The Labute approximate surface area is 173 Å². The number of anilines is 1. The van der Waals surface area contributed by atoms with Crippen molar-refractivity contribution in [1.82, 2.24) is 19.9 Å². The van der Waals surface area contributed by atoms with Crippen LogP contribution in [0.3, 0.4) is 0 Å². The molecule has 2 aliphatic rings. The maximum atomic E-state index is 13.8. The van der Waals surface area contributed by atoms with Crippen LogP contribution in [0.2, 0.25) is 0 Å². The molecule has 7 nitrogen and oxygen atoms in total. The molecule has 30 heavy (non-hydrogen) atoms. The minimum atomic E-state index is -0.233. The zero-order valence-corrected chi connectivity index (χ0v) is 16.6. The number of rotatable bonds is 4. The van der Waals surface area contributed by atoms with Crippen molar-refractivity contribution in [1.29, 1.82) is 0 Å². The number of imidazole rings is 1. The van der Waals surface area contributed by atoms with Gasteiger partial charge in [-0.3, -0.25) is 4.79 Å². The highest BCUT2D eigenvalue weighted by molar-refractivity contribution is 5.93. The molecule has 3 aromatic rings. The average molecular weight is 409 g/mol. The summed E-state index contributed by atoms with van der Waals surface area (Å²) >= 11 is 0. The predicted octanol–water partition coefficient (Wildman–Crippen LogP) is 3.12. The van der Waals surface area contributed by atoms with E-state index in [4.69, 9.17) is 9.84 Å². The smallest absolute Gasteiger partial charge is 0.271 e. The third kappa shape index (κ3) is 3.63. The second-order valence-electron chi connectivity index (χ2n) is 7.90. The lowest BCUT2D eigenvalue weighted by Crippen LogP contribution is -2.41. The topological polar surface area (TPSA) is 71.8 Å². The number of carbonyl (C=O) groups excluding carboxylic acids is 1. The quantitative estimate of drug-likeness (QED) is 0.717. The van der Waals surface area contributed by atoms with Gasteiger partial charge in [0.1, 0.15) is 11.6 Å². The summed E-state index contributed by atoms with van der Waals surface area (Å²) in [5.41, 5.74) is 1.96. The fraction of sp³-hybridized carbons (Fsp3) is 0.409. The predicted molar refractivity (Wildman–Crippen MR) is 110 cm³/mol. The number of aromatic nitrogens is 3. The van der Waals surface area contributed by atoms with Gasteiger partial charge in [-0.15, -0.1) is 5.10 Å². The van der Waals surface area contributed by atoms with Crippen LogP contribution in [-0.2, 0) is 4.74 Å². The van der Waals surface area contributed by atoms with Crippen molar-refractivity contribution < 1.29 is 13.9 Å². The van der Waals surface area contributed by atoms with Crippen LogP contribution in [0.1, 0.15) is 47.8 Å². The number of hydrogen-bond donors (Lipinski definition) is 1. The van der Waals surface area contributed by atoms with Crippen molar-refractivity contribution in [2.75, 3.05) is 24.7 Å². The fourth-order valence-corrected chi connectivity index (χ4v) is 4.39. The molecule has 1 N–H and O–H groups in total.